The maximum Gasteiger partial charge on any atom is 0.344 e. The maximum atomic E-state index is 12.2. The van der Waals surface area contributed by atoms with Gasteiger partial charge >= 0.3 is 5.97 Å². The summed E-state index contributed by atoms with van der Waals surface area (Å²) in [6, 6.07) is 11.5. The molecule has 0 heterocycles. The molecule has 1 atom stereocenters. The number of anilines is 1. The van der Waals surface area contributed by atoms with Crippen molar-refractivity contribution < 1.29 is 19.4 Å². The first-order chi connectivity index (χ1) is 10.9. The first-order valence-corrected chi connectivity index (χ1v) is 7.32. The zero-order valence-corrected chi connectivity index (χ0v) is 13.4. The Balaban J connectivity index is 2.08. The number of amides is 1. The first-order valence-electron chi connectivity index (χ1n) is 6.94. The highest BCUT2D eigenvalue weighted by Gasteiger charge is 2.13. The lowest BCUT2D eigenvalue weighted by Crippen LogP contribution is -2.22. The van der Waals surface area contributed by atoms with Gasteiger partial charge in [-0.15, -0.1) is 0 Å². The quantitative estimate of drug-likeness (QED) is 0.873. The lowest BCUT2D eigenvalue weighted by molar-refractivity contribution is -0.144. The lowest BCUT2D eigenvalue weighted by atomic mass is 10.1. The Morgan fingerprint density at radius 3 is 2.43 bits per heavy atom. The minimum Gasteiger partial charge on any atom is -0.479 e. The fourth-order valence-corrected chi connectivity index (χ4v) is 2.05. The zero-order valence-electron chi connectivity index (χ0n) is 12.7. The van der Waals surface area contributed by atoms with E-state index in [1.807, 2.05) is 6.92 Å². The Morgan fingerprint density at radius 2 is 1.83 bits per heavy atom. The third-order valence-corrected chi connectivity index (χ3v) is 3.70. The van der Waals surface area contributed by atoms with E-state index in [9.17, 15) is 9.59 Å². The van der Waals surface area contributed by atoms with E-state index in [2.05, 4.69) is 5.32 Å². The van der Waals surface area contributed by atoms with E-state index < -0.39 is 12.1 Å². The van der Waals surface area contributed by atoms with Gasteiger partial charge in [0.15, 0.2) is 6.10 Å². The molecule has 0 saturated heterocycles. The molecule has 0 saturated carbocycles. The van der Waals surface area contributed by atoms with Crippen molar-refractivity contribution in [2.75, 3.05) is 5.32 Å². The molecule has 0 aliphatic heterocycles. The van der Waals surface area contributed by atoms with Crippen LogP contribution in [0.2, 0.25) is 5.02 Å². The summed E-state index contributed by atoms with van der Waals surface area (Å²) in [6.07, 6.45) is -0.955. The molecule has 2 rings (SSSR count). The molecular formula is C17H16ClNO4. The van der Waals surface area contributed by atoms with Crippen LogP contribution < -0.4 is 10.1 Å². The summed E-state index contributed by atoms with van der Waals surface area (Å²) in [5.41, 5.74) is 1.86. The molecular weight excluding hydrogens is 318 g/mol. The van der Waals surface area contributed by atoms with Gasteiger partial charge in [-0.25, -0.2) is 4.79 Å². The monoisotopic (exact) mass is 333 g/mol. The van der Waals surface area contributed by atoms with E-state index >= 15 is 0 Å². The van der Waals surface area contributed by atoms with Crippen LogP contribution in [0, 0.1) is 6.92 Å². The van der Waals surface area contributed by atoms with E-state index in [-0.39, 0.29) is 5.91 Å². The van der Waals surface area contributed by atoms with Gasteiger partial charge in [-0.1, -0.05) is 17.7 Å². The molecule has 0 radical (unpaired) electrons. The van der Waals surface area contributed by atoms with Crippen molar-refractivity contribution in [3.8, 4) is 5.75 Å². The van der Waals surface area contributed by atoms with Crippen LogP contribution in [-0.4, -0.2) is 23.1 Å². The van der Waals surface area contributed by atoms with Crippen LogP contribution in [-0.2, 0) is 4.79 Å². The summed E-state index contributed by atoms with van der Waals surface area (Å²) >= 11 is 6.02. The van der Waals surface area contributed by atoms with Crippen LogP contribution in [0.5, 0.6) is 5.75 Å². The largest absolute Gasteiger partial charge is 0.479 e. The summed E-state index contributed by atoms with van der Waals surface area (Å²) in [5.74, 6) is -0.952. The number of carbonyl (C=O) groups excluding carboxylic acids is 1. The number of nitrogens with one attached hydrogen (secondary N) is 1. The van der Waals surface area contributed by atoms with Crippen LogP contribution >= 0.6 is 11.6 Å². The van der Waals surface area contributed by atoms with Gasteiger partial charge in [0.2, 0.25) is 0 Å². The number of hydrogen-bond acceptors (Lipinski definition) is 3. The predicted octanol–water partition coefficient (Wildman–Crippen LogP) is 3.75. The van der Waals surface area contributed by atoms with Gasteiger partial charge in [0.05, 0.1) is 0 Å². The van der Waals surface area contributed by atoms with Gasteiger partial charge in [-0.05, 0) is 55.8 Å². The number of halogens is 1. The summed E-state index contributed by atoms with van der Waals surface area (Å²) in [6.45, 7) is 3.26. The second kappa shape index (κ2) is 7.15. The molecule has 23 heavy (non-hydrogen) atoms. The predicted molar refractivity (Wildman–Crippen MR) is 88.3 cm³/mol. The Morgan fingerprint density at radius 1 is 1.17 bits per heavy atom. The van der Waals surface area contributed by atoms with E-state index in [4.69, 9.17) is 21.4 Å². The molecule has 5 nitrogen and oxygen atoms in total. The summed E-state index contributed by atoms with van der Waals surface area (Å²) < 4.78 is 5.21. The van der Waals surface area contributed by atoms with Crippen LogP contribution in [0.1, 0.15) is 22.8 Å². The highest BCUT2D eigenvalue weighted by atomic mass is 35.5. The molecule has 0 unspecified atom stereocenters. The molecule has 2 aromatic rings. The first kappa shape index (κ1) is 16.8. The fraction of sp³-hybridized carbons (Fsp3) is 0.176. The molecule has 120 valence electrons. The molecule has 0 aromatic heterocycles. The third kappa shape index (κ3) is 4.23. The van der Waals surface area contributed by atoms with Crippen LogP contribution in [0.3, 0.4) is 0 Å². The van der Waals surface area contributed by atoms with Crippen molar-refractivity contribution in [3.63, 3.8) is 0 Å². The van der Waals surface area contributed by atoms with Crippen molar-refractivity contribution in [1.29, 1.82) is 0 Å². The van der Waals surface area contributed by atoms with Crippen LogP contribution in [0.15, 0.2) is 42.5 Å². The van der Waals surface area contributed by atoms with Gasteiger partial charge in [-0.2, -0.15) is 0 Å². The highest BCUT2D eigenvalue weighted by Crippen LogP contribution is 2.23. The Kier molecular flexibility index (Phi) is 5.24. The SMILES string of the molecule is Cc1c(Cl)cccc1NC(=O)c1ccc(O[C@H](C)C(=O)O)cc1. The van der Waals surface area contributed by atoms with Crippen LogP contribution in [0.25, 0.3) is 0 Å². The smallest absolute Gasteiger partial charge is 0.344 e. The third-order valence-electron chi connectivity index (χ3n) is 3.29. The van der Waals surface area contributed by atoms with Crippen molar-refractivity contribution in [2.24, 2.45) is 0 Å². The molecule has 2 N–H and O–H groups in total. The van der Waals surface area contributed by atoms with Gasteiger partial charge < -0.3 is 15.2 Å². The molecule has 0 bridgehead atoms. The van der Waals surface area contributed by atoms with Crippen molar-refractivity contribution in [1.82, 2.24) is 0 Å². The average molecular weight is 334 g/mol. The van der Waals surface area contributed by atoms with E-state index in [1.165, 1.54) is 6.92 Å². The number of ether oxygens (including phenoxy) is 1. The van der Waals surface area contributed by atoms with Crippen molar-refractivity contribution in [2.45, 2.75) is 20.0 Å². The normalized spacial score (nSPS) is 11.6. The standard InChI is InChI=1S/C17H16ClNO4/c1-10-14(18)4-3-5-15(10)19-16(20)12-6-8-13(9-7-12)23-11(2)17(21)22/h3-9,11H,1-2H3,(H,19,20)(H,21,22)/t11-/m1/s1. The minimum atomic E-state index is -1.05. The Labute approximate surface area is 138 Å². The lowest BCUT2D eigenvalue weighted by Gasteiger charge is -2.12. The summed E-state index contributed by atoms with van der Waals surface area (Å²) in [4.78, 5) is 23.0. The molecule has 0 aliphatic rings. The van der Waals surface area contributed by atoms with Gasteiger partial charge in [0.1, 0.15) is 5.75 Å². The number of benzene rings is 2. The molecule has 0 aliphatic carbocycles. The van der Waals surface area contributed by atoms with E-state index in [0.717, 1.165) is 5.56 Å². The maximum absolute atomic E-state index is 12.2. The topological polar surface area (TPSA) is 75.6 Å². The second-order valence-electron chi connectivity index (χ2n) is 4.99. The summed E-state index contributed by atoms with van der Waals surface area (Å²) in [7, 11) is 0. The summed E-state index contributed by atoms with van der Waals surface area (Å²) in [5, 5.41) is 12.2. The van der Waals surface area contributed by atoms with Crippen molar-refractivity contribution in [3.05, 3.63) is 58.6 Å². The Hall–Kier alpha value is -2.53. The molecule has 0 fully saturated rings. The van der Waals surface area contributed by atoms with E-state index in [1.54, 1.807) is 42.5 Å². The second-order valence-corrected chi connectivity index (χ2v) is 5.40. The zero-order chi connectivity index (χ0) is 17.0. The number of carboxylic acids is 1. The molecule has 2 aromatic carbocycles. The Bertz CT molecular complexity index is 728. The number of hydrogen-bond donors (Lipinski definition) is 2. The number of aliphatic carboxylic acids is 1. The van der Waals surface area contributed by atoms with Gasteiger partial charge in [0, 0.05) is 16.3 Å². The molecule has 6 heteroatoms. The highest BCUT2D eigenvalue weighted by molar-refractivity contribution is 6.31. The number of carbonyl (C=O) groups is 2. The van der Waals surface area contributed by atoms with Gasteiger partial charge in [0.25, 0.3) is 5.91 Å². The minimum absolute atomic E-state index is 0.284. The number of carboxylic acid groups (broad SMARTS) is 1. The van der Waals surface area contributed by atoms with Crippen LogP contribution in [0.4, 0.5) is 5.69 Å². The van der Waals surface area contributed by atoms with Crippen molar-refractivity contribution >= 4 is 29.2 Å². The van der Waals surface area contributed by atoms with E-state index in [0.29, 0.717) is 22.0 Å². The molecule has 1 amide bonds. The number of rotatable bonds is 5. The van der Waals surface area contributed by atoms with Gasteiger partial charge in [-0.3, -0.25) is 4.79 Å². The average Bonchev–Trinajstić information content (AvgIpc) is 2.52. The fourth-order valence-electron chi connectivity index (χ4n) is 1.88. The molecule has 0 spiro atoms.